The largest absolute Gasteiger partial charge is 0.379 e. The van der Waals surface area contributed by atoms with Gasteiger partial charge in [0.2, 0.25) is 15.9 Å². The third-order valence-electron chi connectivity index (χ3n) is 3.57. The molecule has 0 bridgehead atoms. The SMILES string of the molecule is CC(C)SCC(=O)NNC(=O)c1cccc(S(=O)(=O)N2CCOCC2)c1. The van der Waals surface area contributed by atoms with Gasteiger partial charge in [-0.2, -0.15) is 4.31 Å². The molecule has 2 amide bonds. The molecule has 0 saturated carbocycles. The van der Waals surface area contributed by atoms with Crippen molar-refractivity contribution in [1.29, 1.82) is 0 Å². The molecule has 0 aromatic heterocycles. The molecule has 144 valence electrons. The van der Waals surface area contributed by atoms with Crippen molar-refractivity contribution in [3.63, 3.8) is 0 Å². The van der Waals surface area contributed by atoms with Crippen LogP contribution in [0, 0.1) is 0 Å². The lowest BCUT2D eigenvalue weighted by molar-refractivity contribution is -0.119. The Morgan fingerprint density at radius 3 is 2.58 bits per heavy atom. The first-order valence-electron chi connectivity index (χ1n) is 8.19. The fraction of sp³-hybridized carbons (Fsp3) is 0.500. The summed E-state index contributed by atoms with van der Waals surface area (Å²) in [4.78, 5) is 23.9. The van der Waals surface area contributed by atoms with Gasteiger partial charge in [0.25, 0.3) is 5.91 Å². The fourth-order valence-corrected chi connectivity index (χ4v) is 4.22. The molecule has 8 nitrogen and oxygen atoms in total. The summed E-state index contributed by atoms with van der Waals surface area (Å²) in [6.07, 6.45) is 0. The smallest absolute Gasteiger partial charge is 0.269 e. The average molecular weight is 402 g/mol. The number of carbonyl (C=O) groups is 2. The highest BCUT2D eigenvalue weighted by atomic mass is 32.2. The number of nitrogens with zero attached hydrogens (tertiary/aromatic N) is 1. The van der Waals surface area contributed by atoms with Crippen LogP contribution in [0.5, 0.6) is 0 Å². The number of thioether (sulfide) groups is 1. The van der Waals surface area contributed by atoms with E-state index < -0.39 is 15.9 Å². The second-order valence-electron chi connectivity index (χ2n) is 5.91. The summed E-state index contributed by atoms with van der Waals surface area (Å²) >= 11 is 1.45. The first kappa shape index (κ1) is 20.7. The predicted molar refractivity (Wildman–Crippen MR) is 99.2 cm³/mol. The number of hydrogen-bond acceptors (Lipinski definition) is 6. The molecule has 1 aliphatic heterocycles. The molecule has 2 rings (SSSR count). The van der Waals surface area contributed by atoms with Crippen LogP contribution in [0.25, 0.3) is 0 Å². The van der Waals surface area contributed by atoms with Crippen LogP contribution in [0.4, 0.5) is 0 Å². The minimum absolute atomic E-state index is 0.0359. The van der Waals surface area contributed by atoms with E-state index in [1.54, 1.807) is 0 Å². The molecule has 0 spiro atoms. The maximum atomic E-state index is 12.6. The van der Waals surface area contributed by atoms with Crippen molar-refractivity contribution in [3.8, 4) is 0 Å². The van der Waals surface area contributed by atoms with E-state index in [0.29, 0.717) is 18.5 Å². The van der Waals surface area contributed by atoms with Gasteiger partial charge in [-0.25, -0.2) is 8.42 Å². The third-order valence-corrected chi connectivity index (χ3v) is 6.56. The van der Waals surface area contributed by atoms with Crippen LogP contribution >= 0.6 is 11.8 Å². The number of sulfonamides is 1. The van der Waals surface area contributed by atoms with E-state index in [0.717, 1.165) is 0 Å². The van der Waals surface area contributed by atoms with Gasteiger partial charge in [-0.05, 0) is 23.4 Å². The normalized spacial score (nSPS) is 15.7. The Balaban J connectivity index is 2.01. The third kappa shape index (κ3) is 5.70. The molecule has 1 saturated heterocycles. The van der Waals surface area contributed by atoms with Crippen molar-refractivity contribution >= 4 is 33.6 Å². The van der Waals surface area contributed by atoms with Crippen LogP contribution in [-0.4, -0.2) is 61.8 Å². The quantitative estimate of drug-likeness (QED) is 0.677. The van der Waals surface area contributed by atoms with Gasteiger partial charge in [-0.15, -0.1) is 11.8 Å². The van der Waals surface area contributed by atoms with Gasteiger partial charge in [0.05, 0.1) is 23.9 Å². The summed E-state index contributed by atoms with van der Waals surface area (Å²) in [5.74, 6) is -0.676. The molecule has 2 N–H and O–H groups in total. The Morgan fingerprint density at radius 2 is 1.92 bits per heavy atom. The second kappa shape index (κ2) is 9.36. The molecule has 1 fully saturated rings. The van der Waals surface area contributed by atoms with Crippen LogP contribution < -0.4 is 10.9 Å². The number of rotatable bonds is 6. The maximum Gasteiger partial charge on any atom is 0.269 e. The van der Waals surface area contributed by atoms with Gasteiger partial charge in [0, 0.05) is 18.7 Å². The summed E-state index contributed by atoms with van der Waals surface area (Å²) in [7, 11) is -3.68. The number of amides is 2. The summed E-state index contributed by atoms with van der Waals surface area (Å²) in [6.45, 7) is 5.19. The Kier molecular flexibility index (Phi) is 7.44. The van der Waals surface area contributed by atoms with E-state index in [1.165, 1.54) is 40.3 Å². The Morgan fingerprint density at radius 1 is 1.23 bits per heavy atom. The van der Waals surface area contributed by atoms with Crippen molar-refractivity contribution in [2.75, 3.05) is 32.1 Å². The zero-order valence-electron chi connectivity index (χ0n) is 14.7. The van der Waals surface area contributed by atoms with Gasteiger partial charge < -0.3 is 4.74 Å². The summed E-state index contributed by atoms with van der Waals surface area (Å²) in [5, 5.41) is 0.304. The van der Waals surface area contributed by atoms with Gasteiger partial charge in [-0.1, -0.05) is 19.9 Å². The highest BCUT2D eigenvalue weighted by molar-refractivity contribution is 8.00. The molecular formula is C16H23N3O5S2. The average Bonchev–Trinajstić information content (AvgIpc) is 2.65. The maximum absolute atomic E-state index is 12.6. The highest BCUT2D eigenvalue weighted by Gasteiger charge is 2.26. The lowest BCUT2D eigenvalue weighted by Gasteiger charge is -2.26. The molecule has 0 unspecified atom stereocenters. The van der Waals surface area contributed by atoms with Crippen molar-refractivity contribution in [1.82, 2.24) is 15.2 Å². The van der Waals surface area contributed by atoms with E-state index in [2.05, 4.69) is 10.9 Å². The number of benzene rings is 1. The van der Waals surface area contributed by atoms with Crippen LogP contribution in [0.2, 0.25) is 0 Å². The van der Waals surface area contributed by atoms with Crippen molar-refractivity contribution < 1.29 is 22.7 Å². The minimum Gasteiger partial charge on any atom is -0.379 e. The standard InChI is InChI=1S/C16H23N3O5S2/c1-12(2)25-11-15(20)17-18-16(21)13-4-3-5-14(10-13)26(22,23)19-6-8-24-9-7-19/h3-5,10,12H,6-9,11H2,1-2H3,(H,17,20)(H,18,21). The van der Waals surface area contributed by atoms with Gasteiger partial charge >= 0.3 is 0 Å². The van der Waals surface area contributed by atoms with Crippen molar-refractivity contribution in [2.24, 2.45) is 0 Å². The zero-order valence-corrected chi connectivity index (χ0v) is 16.4. The molecule has 1 heterocycles. The van der Waals surface area contributed by atoms with Crippen LogP contribution in [0.1, 0.15) is 24.2 Å². The lowest BCUT2D eigenvalue weighted by Crippen LogP contribution is -2.43. The molecule has 0 atom stereocenters. The molecule has 0 aliphatic carbocycles. The number of morpholine rings is 1. The summed E-state index contributed by atoms with van der Waals surface area (Å²) < 4.78 is 31.8. The topological polar surface area (TPSA) is 105 Å². The lowest BCUT2D eigenvalue weighted by atomic mass is 10.2. The molecule has 0 radical (unpaired) electrons. The molecule has 1 aliphatic rings. The van der Waals surface area contributed by atoms with E-state index in [1.807, 2.05) is 13.8 Å². The number of hydrogen-bond donors (Lipinski definition) is 2. The molecule has 1 aromatic rings. The predicted octanol–water partition coefficient (Wildman–Crippen LogP) is 0.610. The van der Waals surface area contributed by atoms with E-state index in [9.17, 15) is 18.0 Å². The zero-order chi connectivity index (χ0) is 19.2. The van der Waals surface area contributed by atoms with E-state index in [-0.39, 0.29) is 35.2 Å². The molecule has 10 heteroatoms. The van der Waals surface area contributed by atoms with E-state index >= 15 is 0 Å². The number of ether oxygens (including phenoxy) is 1. The van der Waals surface area contributed by atoms with Crippen molar-refractivity contribution in [2.45, 2.75) is 24.0 Å². The van der Waals surface area contributed by atoms with Gasteiger partial charge in [-0.3, -0.25) is 20.4 Å². The monoisotopic (exact) mass is 401 g/mol. The van der Waals surface area contributed by atoms with E-state index in [4.69, 9.17) is 4.74 Å². The second-order valence-corrected chi connectivity index (χ2v) is 9.41. The highest BCUT2D eigenvalue weighted by Crippen LogP contribution is 2.18. The van der Waals surface area contributed by atoms with Crippen molar-refractivity contribution in [3.05, 3.63) is 29.8 Å². The Bertz CT molecular complexity index is 746. The molecule has 1 aromatic carbocycles. The van der Waals surface area contributed by atoms with Gasteiger partial charge in [0.1, 0.15) is 0 Å². The molecular weight excluding hydrogens is 378 g/mol. The summed E-state index contributed by atoms with van der Waals surface area (Å²) in [5.41, 5.74) is 4.77. The summed E-state index contributed by atoms with van der Waals surface area (Å²) in [6, 6.07) is 5.73. The Labute approximate surface area is 157 Å². The minimum atomic E-state index is -3.68. The van der Waals surface area contributed by atoms with Crippen LogP contribution in [0.3, 0.4) is 0 Å². The first-order chi connectivity index (χ1) is 12.3. The molecule has 26 heavy (non-hydrogen) atoms. The van der Waals surface area contributed by atoms with Crippen LogP contribution in [0.15, 0.2) is 29.2 Å². The Hall–Kier alpha value is -1.62. The number of nitrogens with one attached hydrogen (secondary N) is 2. The number of carbonyl (C=O) groups excluding carboxylic acids is 2. The first-order valence-corrected chi connectivity index (χ1v) is 10.7. The fourth-order valence-electron chi connectivity index (χ4n) is 2.21. The number of hydrazine groups is 1. The van der Waals surface area contributed by atoms with Gasteiger partial charge in [0.15, 0.2) is 0 Å². The van der Waals surface area contributed by atoms with Crippen LogP contribution in [-0.2, 0) is 19.6 Å².